The summed E-state index contributed by atoms with van der Waals surface area (Å²) in [6.45, 7) is 7.87. The third-order valence-corrected chi connectivity index (χ3v) is 1.86. The van der Waals surface area contributed by atoms with Crippen molar-refractivity contribution >= 4 is 5.69 Å². The van der Waals surface area contributed by atoms with Crippen molar-refractivity contribution in [1.82, 2.24) is 0 Å². The number of hydrogen-bond acceptors (Lipinski definition) is 2. The van der Waals surface area contributed by atoms with E-state index in [0.717, 1.165) is 17.0 Å². The second-order valence-corrected chi connectivity index (χ2v) is 2.93. The molecule has 0 spiro atoms. The minimum atomic E-state index is 0.488. The molecule has 0 heterocycles. The van der Waals surface area contributed by atoms with Gasteiger partial charge in [-0.3, -0.25) is 0 Å². The minimum absolute atomic E-state index is 0.488. The summed E-state index contributed by atoms with van der Waals surface area (Å²) < 4.78 is 5.46. The fourth-order valence-electron chi connectivity index (χ4n) is 0.953. The Kier molecular flexibility index (Phi) is 3.80. The molecule has 2 heteroatoms. The molecule has 0 amide bonds. The van der Waals surface area contributed by atoms with E-state index < -0.39 is 0 Å². The number of nitrogens with one attached hydrogen (secondary N) is 1. The van der Waals surface area contributed by atoms with Crippen LogP contribution < -0.4 is 10.1 Å². The van der Waals surface area contributed by atoms with Crippen LogP contribution in [-0.2, 0) is 0 Å². The molecule has 0 saturated carbocycles. The molecule has 0 aromatic heterocycles. The topological polar surface area (TPSA) is 21.3 Å². The summed E-state index contributed by atoms with van der Waals surface area (Å²) in [4.78, 5) is 0. The summed E-state index contributed by atoms with van der Waals surface area (Å²) in [5.41, 5.74) is 1.95. The molecule has 0 atom stereocenters. The van der Waals surface area contributed by atoms with Crippen molar-refractivity contribution in [3.8, 4) is 5.75 Å². The van der Waals surface area contributed by atoms with Crippen molar-refractivity contribution < 1.29 is 4.74 Å². The maximum atomic E-state index is 5.46. The predicted molar refractivity (Wildman–Crippen MR) is 60.8 cm³/mol. The lowest BCUT2D eigenvalue weighted by atomic mass is 10.3. The number of rotatable bonds is 5. The van der Waals surface area contributed by atoms with Gasteiger partial charge in [-0.05, 0) is 29.8 Å². The lowest BCUT2D eigenvalue weighted by Gasteiger charge is -2.06. The summed E-state index contributed by atoms with van der Waals surface area (Å²) in [5.74, 6) is 0.840. The molecule has 2 nitrogen and oxygen atoms in total. The van der Waals surface area contributed by atoms with Crippen molar-refractivity contribution in [2.45, 2.75) is 0 Å². The van der Waals surface area contributed by atoms with E-state index in [0.29, 0.717) is 6.61 Å². The van der Waals surface area contributed by atoms with Crippen LogP contribution in [0.4, 0.5) is 5.69 Å². The van der Waals surface area contributed by atoms with Crippen LogP contribution in [0.3, 0.4) is 0 Å². The van der Waals surface area contributed by atoms with E-state index in [4.69, 9.17) is 4.74 Å². The molecule has 0 aliphatic carbocycles. The van der Waals surface area contributed by atoms with Gasteiger partial charge < -0.3 is 10.1 Å². The predicted octanol–water partition coefficient (Wildman–Crippen LogP) is 2.85. The Hall–Kier alpha value is -1.70. The molecule has 0 radical (unpaired) electrons. The first-order chi connectivity index (χ1) is 6.76. The van der Waals surface area contributed by atoms with Crippen molar-refractivity contribution in [3.05, 3.63) is 49.1 Å². The SMILES string of the molecule is C=CC(=C)COc1ccc(NC)cc1. The number of anilines is 1. The first-order valence-corrected chi connectivity index (χ1v) is 4.47. The van der Waals surface area contributed by atoms with Crippen LogP contribution in [0.15, 0.2) is 49.1 Å². The Labute approximate surface area is 84.9 Å². The lowest BCUT2D eigenvalue weighted by Crippen LogP contribution is -1.98. The summed E-state index contributed by atoms with van der Waals surface area (Å²) in [7, 11) is 1.88. The average molecular weight is 189 g/mol. The Morgan fingerprint density at radius 2 is 2.07 bits per heavy atom. The molecular formula is C12H15NO. The van der Waals surface area contributed by atoms with E-state index in [1.165, 1.54) is 0 Å². The fraction of sp³-hybridized carbons (Fsp3) is 0.167. The van der Waals surface area contributed by atoms with Crippen molar-refractivity contribution in [2.24, 2.45) is 0 Å². The monoisotopic (exact) mass is 189 g/mol. The Morgan fingerprint density at radius 3 is 2.57 bits per heavy atom. The number of hydrogen-bond donors (Lipinski definition) is 1. The lowest BCUT2D eigenvalue weighted by molar-refractivity contribution is 0.356. The second-order valence-electron chi connectivity index (χ2n) is 2.93. The molecule has 0 aliphatic rings. The highest BCUT2D eigenvalue weighted by molar-refractivity contribution is 5.45. The fourth-order valence-corrected chi connectivity index (χ4v) is 0.953. The second kappa shape index (κ2) is 5.12. The van der Waals surface area contributed by atoms with Gasteiger partial charge in [0.05, 0.1) is 0 Å². The first-order valence-electron chi connectivity index (χ1n) is 4.47. The number of ether oxygens (including phenoxy) is 1. The van der Waals surface area contributed by atoms with Gasteiger partial charge in [-0.25, -0.2) is 0 Å². The van der Waals surface area contributed by atoms with Crippen LogP contribution >= 0.6 is 0 Å². The van der Waals surface area contributed by atoms with E-state index in [-0.39, 0.29) is 0 Å². The Morgan fingerprint density at radius 1 is 1.43 bits per heavy atom. The summed E-state index contributed by atoms with van der Waals surface area (Å²) in [6, 6.07) is 7.77. The van der Waals surface area contributed by atoms with Gasteiger partial charge in [-0.2, -0.15) is 0 Å². The molecule has 0 unspecified atom stereocenters. The average Bonchev–Trinajstić information content (AvgIpc) is 2.26. The Balaban J connectivity index is 2.51. The highest BCUT2D eigenvalue weighted by Gasteiger charge is 1.94. The molecule has 0 aliphatic heterocycles. The summed E-state index contributed by atoms with van der Waals surface area (Å²) >= 11 is 0. The van der Waals surface area contributed by atoms with E-state index >= 15 is 0 Å². The number of benzene rings is 1. The molecule has 1 N–H and O–H groups in total. The molecular weight excluding hydrogens is 174 g/mol. The minimum Gasteiger partial charge on any atom is -0.489 e. The Bertz CT molecular complexity index is 314. The van der Waals surface area contributed by atoms with E-state index in [1.54, 1.807) is 6.08 Å². The van der Waals surface area contributed by atoms with Crippen LogP contribution in [-0.4, -0.2) is 13.7 Å². The molecule has 0 fully saturated rings. The van der Waals surface area contributed by atoms with E-state index in [2.05, 4.69) is 18.5 Å². The van der Waals surface area contributed by atoms with Gasteiger partial charge in [-0.1, -0.05) is 19.2 Å². The highest BCUT2D eigenvalue weighted by Crippen LogP contribution is 2.15. The zero-order valence-electron chi connectivity index (χ0n) is 8.42. The molecule has 0 bridgehead atoms. The highest BCUT2D eigenvalue weighted by atomic mass is 16.5. The van der Waals surface area contributed by atoms with Gasteiger partial charge in [0.15, 0.2) is 0 Å². The van der Waals surface area contributed by atoms with Gasteiger partial charge in [0.1, 0.15) is 12.4 Å². The van der Waals surface area contributed by atoms with Gasteiger partial charge in [0.25, 0.3) is 0 Å². The van der Waals surface area contributed by atoms with Crippen molar-refractivity contribution in [3.63, 3.8) is 0 Å². The van der Waals surface area contributed by atoms with Crippen molar-refractivity contribution in [2.75, 3.05) is 19.0 Å². The summed E-state index contributed by atoms with van der Waals surface area (Å²) in [6.07, 6.45) is 1.70. The smallest absolute Gasteiger partial charge is 0.119 e. The molecule has 1 rings (SSSR count). The van der Waals surface area contributed by atoms with Crippen LogP contribution in [0.25, 0.3) is 0 Å². The third-order valence-electron chi connectivity index (χ3n) is 1.86. The van der Waals surface area contributed by atoms with Gasteiger partial charge in [0.2, 0.25) is 0 Å². The van der Waals surface area contributed by atoms with Crippen molar-refractivity contribution in [1.29, 1.82) is 0 Å². The maximum absolute atomic E-state index is 5.46. The zero-order valence-corrected chi connectivity index (χ0v) is 8.42. The zero-order chi connectivity index (χ0) is 10.4. The quantitative estimate of drug-likeness (QED) is 0.719. The van der Waals surface area contributed by atoms with Gasteiger partial charge in [0, 0.05) is 12.7 Å². The van der Waals surface area contributed by atoms with Gasteiger partial charge >= 0.3 is 0 Å². The molecule has 14 heavy (non-hydrogen) atoms. The van der Waals surface area contributed by atoms with Crippen LogP contribution in [0.5, 0.6) is 5.75 Å². The van der Waals surface area contributed by atoms with E-state index in [9.17, 15) is 0 Å². The summed E-state index contributed by atoms with van der Waals surface area (Å²) in [5, 5.41) is 3.04. The van der Waals surface area contributed by atoms with Crippen LogP contribution in [0.2, 0.25) is 0 Å². The largest absolute Gasteiger partial charge is 0.489 e. The van der Waals surface area contributed by atoms with Crippen LogP contribution in [0.1, 0.15) is 0 Å². The normalized spacial score (nSPS) is 9.21. The molecule has 1 aromatic carbocycles. The molecule has 74 valence electrons. The molecule has 1 aromatic rings. The maximum Gasteiger partial charge on any atom is 0.119 e. The molecule has 0 saturated heterocycles. The van der Waals surface area contributed by atoms with Crippen LogP contribution in [0, 0.1) is 0 Å². The van der Waals surface area contributed by atoms with E-state index in [1.807, 2.05) is 31.3 Å². The van der Waals surface area contributed by atoms with Gasteiger partial charge in [-0.15, -0.1) is 0 Å². The first kappa shape index (κ1) is 10.4. The third kappa shape index (κ3) is 2.98. The standard InChI is InChI=1S/C12H15NO/c1-4-10(2)9-14-12-7-5-11(13-3)6-8-12/h4-8,13H,1-2,9H2,3H3.